The van der Waals surface area contributed by atoms with Crippen molar-refractivity contribution >= 4 is 11.6 Å². The molecule has 3 rings (SSSR count). The van der Waals surface area contributed by atoms with Crippen LogP contribution in [0.3, 0.4) is 0 Å². The summed E-state index contributed by atoms with van der Waals surface area (Å²) in [6.45, 7) is 9.02. The van der Waals surface area contributed by atoms with Gasteiger partial charge >= 0.3 is 0 Å². The number of hydrogen-bond donors (Lipinski definition) is 1. The lowest BCUT2D eigenvalue weighted by Gasteiger charge is -2.32. The standard InChI is InChI=1S/C16H27N5/c1-12(2)14-15(17)18-11-19-16(14)21-9-6-13(10-21)20-7-4-3-5-8-20/h11-13H,3-10H2,1-2H3,(H2,17,18,19). The van der Waals surface area contributed by atoms with Crippen molar-refractivity contribution in [1.82, 2.24) is 14.9 Å². The van der Waals surface area contributed by atoms with Crippen molar-refractivity contribution in [2.75, 3.05) is 36.8 Å². The fourth-order valence-electron chi connectivity index (χ4n) is 3.72. The highest BCUT2D eigenvalue weighted by atomic mass is 15.3. The molecule has 116 valence electrons. The molecule has 1 aromatic heterocycles. The Labute approximate surface area is 127 Å². The van der Waals surface area contributed by atoms with Gasteiger partial charge in [0.1, 0.15) is 18.0 Å². The highest BCUT2D eigenvalue weighted by Gasteiger charge is 2.31. The molecule has 21 heavy (non-hydrogen) atoms. The van der Waals surface area contributed by atoms with E-state index in [1.807, 2.05) is 0 Å². The van der Waals surface area contributed by atoms with Crippen molar-refractivity contribution in [1.29, 1.82) is 0 Å². The summed E-state index contributed by atoms with van der Waals surface area (Å²) in [4.78, 5) is 13.8. The van der Waals surface area contributed by atoms with E-state index in [1.165, 1.54) is 38.8 Å². The predicted octanol–water partition coefficient (Wildman–Crippen LogP) is 2.25. The van der Waals surface area contributed by atoms with Gasteiger partial charge in [-0.25, -0.2) is 9.97 Å². The fraction of sp³-hybridized carbons (Fsp3) is 0.750. The summed E-state index contributed by atoms with van der Waals surface area (Å²) in [5.41, 5.74) is 7.19. The van der Waals surface area contributed by atoms with Crippen molar-refractivity contribution in [2.24, 2.45) is 0 Å². The Bertz CT molecular complexity index is 482. The van der Waals surface area contributed by atoms with Gasteiger partial charge in [-0.3, -0.25) is 4.90 Å². The van der Waals surface area contributed by atoms with E-state index < -0.39 is 0 Å². The largest absolute Gasteiger partial charge is 0.383 e. The number of hydrogen-bond acceptors (Lipinski definition) is 5. The number of nitrogens with two attached hydrogens (primary N) is 1. The van der Waals surface area contributed by atoms with E-state index in [9.17, 15) is 0 Å². The van der Waals surface area contributed by atoms with E-state index in [4.69, 9.17) is 5.73 Å². The second kappa shape index (κ2) is 6.18. The molecular weight excluding hydrogens is 262 g/mol. The second-order valence-corrected chi connectivity index (χ2v) is 6.64. The molecule has 2 aliphatic heterocycles. The molecule has 1 aromatic rings. The van der Waals surface area contributed by atoms with Gasteiger partial charge in [-0.1, -0.05) is 20.3 Å². The Morgan fingerprint density at radius 1 is 1.14 bits per heavy atom. The minimum Gasteiger partial charge on any atom is -0.383 e. The molecule has 2 saturated heterocycles. The minimum absolute atomic E-state index is 0.357. The van der Waals surface area contributed by atoms with Crippen LogP contribution in [0.4, 0.5) is 11.6 Å². The van der Waals surface area contributed by atoms with Gasteiger partial charge in [-0.05, 0) is 38.3 Å². The molecule has 0 bridgehead atoms. The van der Waals surface area contributed by atoms with Crippen LogP contribution in [0.5, 0.6) is 0 Å². The molecule has 0 aromatic carbocycles. The minimum atomic E-state index is 0.357. The lowest BCUT2D eigenvalue weighted by molar-refractivity contribution is 0.174. The lowest BCUT2D eigenvalue weighted by atomic mass is 10.0. The second-order valence-electron chi connectivity index (χ2n) is 6.64. The van der Waals surface area contributed by atoms with Crippen LogP contribution in [0, 0.1) is 0 Å². The number of likely N-dealkylation sites (tertiary alicyclic amines) is 1. The zero-order valence-corrected chi connectivity index (χ0v) is 13.3. The molecule has 0 radical (unpaired) electrons. The van der Waals surface area contributed by atoms with E-state index in [0.29, 0.717) is 17.8 Å². The van der Waals surface area contributed by atoms with Crippen molar-refractivity contribution in [3.63, 3.8) is 0 Å². The summed E-state index contributed by atoms with van der Waals surface area (Å²) >= 11 is 0. The molecular formula is C16H27N5. The summed E-state index contributed by atoms with van der Waals surface area (Å²) in [5.74, 6) is 2.05. The SMILES string of the molecule is CC(C)c1c(N)ncnc1N1CCC(N2CCCCC2)C1. The Kier molecular flexibility index (Phi) is 4.29. The summed E-state index contributed by atoms with van der Waals surface area (Å²) in [5, 5.41) is 0. The monoisotopic (exact) mass is 289 g/mol. The molecule has 5 heteroatoms. The van der Waals surface area contributed by atoms with E-state index in [2.05, 4.69) is 33.6 Å². The van der Waals surface area contributed by atoms with Crippen molar-refractivity contribution in [2.45, 2.75) is 51.5 Å². The van der Waals surface area contributed by atoms with Gasteiger partial charge in [-0.2, -0.15) is 0 Å². The third-order valence-electron chi connectivity index (χ3n) is 4.84. The van der Waals surface area contributed by atoms with Crippen LogP contribution in [0.15, 0.2) is 6.33 Å². The first-order valence-corrected chi connectivity index (χ1v) is 8.26. The van der Waals surface area contributed by atoms with Gasteiger partial charge in [0, 0.05) is 24.7 Å². The van der Waals surface area contributed by atoms with Crippen LogP contribution in [-0.4, -0.2) is 47.1 Å². The van der Waals surface area contributed by atoms with Gasteiger partial charge in [-0.15, -0.1) is 0 Å². The molecule has 1 unspecified atom stereocenters. The summed E-state index contributed by atoms with van der Waals surface area (Å²) < 4.78 is 0. The predicted molar refractivity (Wildman–Crippen MR) is 86.6 cm³/mol. The van der Waals surface area contributed by atoms with Gasteiger partial charge in [0.25, 0.3) is 0 Å². The molecule has 3 heterocycles. The first kappa shape index (κ1) is 14.6. The Morgan fingerprint density at radius 2 is 1.90 bits per heavy atom. The van der Waals surface area contributed by atoms with Crippen LogP contribution in [-0.2, 0) is 0 Å². The van der Waals surface area contributed by atoms with E-state index in [1.54, 1.807) is 6.33 Å². The smallest absolute Gasteiger partial charge is 0.137 e. The normalized spacial score (nSPS) is 24.0. The third kappa shape index (κ3) is 2.98. The first-order chi connectivity index (χ1) is 10.2. The average molecular weight is 289 g/mol. The molecule has 2 aliphatic rings. The topological polar surface area (TPSA) is 58.3 Å². The van der Waals surface area contributed by atoms with Crippen molar-refractivity contribution < 1.29 is 0 Å². The Morgan fingerprint density at radius 3 is 2.62 bits per heavy atom. The molecule has 0 amide bonds. The highest BCUT2D eigenvalue weighted by Crippen LogP contribution is 2.32. The number of piperidine rings is 1. The average Bonchev–Trinajstić information content (AvgIpc) is 2.97. The lowest BCUT2D eigenvalue weighted by Crippen LogP contribution is -2.41. The van der Waals surface area contributed by atoms with Crippen LogP contribution in [0.25, 0.3) is 0 Å². The molecule has 0 spiro atoms. The van der Waals surface area contributed by atoms with Crippen LogP contribution >= 0.6 is 0 Å². The highest BCUT2D eigenvalue weighted by molar-refractivity contribution is 5.58. The zero-order valence-electron chi connectivity index (χ0n) is 13.3. The van der Waals surface area contributed by atoms with Crippen LogP contribution in [0.2, 0.25) is 0 Å². The number of anilines is 2. The molecule has 2 fully saturated rings. The zero-order chi connectivity index (χ0) is 14.8. The molecule has 0 aliphatic carbocycles. The molecule has 2 N–H and O–H groups in total. The Hall–Kier alpha value is -1.36. The maximum atomic E-state index is 6.08. The Balaban J connectivity index is 1.75. The van der Waals surface area contributed by atoms with Crippen molar-refractivity contribution in [3.8, 4) is 0 Å². The molecule has 5 nitrogen and oxygen atoms in total. The number of nitrogen functional groups attached to an aromatic ring is 1. The van der Waals surface area contributed by atoms with Crippen molar-refractivity contribution in [3.05, 3.63) is 11.9 Å². The summed E-state index contributed by atoms with van der Waals surface area (Å²) in [6, 6.07) is 0.682. The van der Waals surface area contributed by atoms with Crippen LogP contribution in [0.1, 0.15) is 51.0 Å². The quantitative estimate of drug-likeness (QED) is 0.925. The maximum Gasteiger partial charge on any atom is 0.137 e. The molecule has 1 atom stereocenters. The van der Waals surface area contributed by atoms with Gasteiger partial charge in [0.15, 0.2) is 0 Å². The maximum absolute atomic E-state index is 6.08. The van der Waals surface area contributed by atoms with Gasteiger partial charge in [0.05, 0.1) is 0 Å². The summed E-state index contributed by atoms with van der Waals surface area (Å²) in [6.07, 6.45) is 6.95. The summed E-state index contributed by atoms with van der Waals surface area (Å²) in [7, 11) is 0. The number of aromatic nitrogens is 2. The number of rotatable bonds is 3. The fourth-order valence-corrected chi connectivity index (χ4v) is 3.72. The van der Waals surface area contributed by atoms with Gasteiger partial charge in [0.2, 0.25) is 0 Å². The first-order valence-electron chi connectivity index (χ1n) is 8.26. The van der Waals surface area contributed by atoms with E-state index >= 15 is 0 Å². The number of nitrogens with zero attached hydrogens (tertiary/aromatic N) is 4. The van der Waals surface area contributed by atoms with Crippen LogP contribution < -0.4 is 10.6 Å². The van der Waals surface area contributed by atoms with Gasteiger partial charge < -0.3 is 10.6 Å². The third-order valence-corrected chi connectivity index (χ3v) is 4.84. The van der Waals surface area contributed by atoms with E-state index in [0.717, 1.165) is 24.5 Å². The molecule has 0 saturated carbocycles. The van der Waals surface area contributed by atoms with E-state index in [-0.39, 0.29) is 0 Å².